The van der Waals surface area contributed by atoms with Crippen LogP contribution in [0.15, 0.2) is 67.0 Å². The summed E-state index contributed by atoms with van der Waals surface area (Å²) in [6.07, 6.45) is 5.74. The summed E-state index contributed by atoms with van der Waals surface area (Å²) in [4.78, 5) is 15.5. The number of hydrogen-bond donors (Lipinski definition) is 1. The molecule has 0 fully saturated rings. The molecule has 0 radical (unpaired) electrons. The van der Waals surface area contributed by atoms with Crippen molar-refractivity contribution < 1.29 is 14.6 Å². The second-order valence-electron chi connectivity index (χ2n) is 7.64. The molecule has 4 heteroatoms. The van der Waals surface area contributed by atoms with Gasteiger partial charge in [0.2, 0.25) is 0 Å². The topological polar surface area (TPSA) is 59.4 Å². The second-order valence-corrected chi connectivity index (χ2v) is 7.64. The monoisotopic (exact) mass is 387 g/mol. The first-order chi connectivity index (χ1) is 14.1. The van der Waals surface area contributed by atoms with Crippen molar-refractivity contribution in [2.24, 2.45) is 0 Å². The summed E-state index contributed by atoms with van der Waals surface area (Å²) < 4.78 is 5.99. The van der Waals surface area contributed by atoms with Crippen LogP contribution in [0, 0.1) is 0 Å². The Bertz CT molecular complexity index is 1000. The van der Waals surface area contributed by atoms with E-state index in [4.69, 9.17) is 4.74 Å². The number of aromatic nitrogens is 1. The van der Waals surface area contributed by atoms with Crippen molar-refractivity contribution in [1.82, 2.24) is 4.98 Å². The number of fused-ring (bicyclic) bond motifs is 1. The van der Waals surface area contributed by atoms with E-state index in [1.54, 1.807) is 12.3 Å². The molecule has 0 spiro atoms. The van der Waals surface area contributed by atoms with Gasteiger partial charge in [0.25, 0.3) is 0 Å². The maximum atomic E-state index is 11.4. The first-order valence-corrected chi connectivity index (χ1v) is 10.1. The molecule has 2 heterocycles. The number of pyridine rings is 1. The van der Waals surface area contributed by atoms with E-state index < -0.39 is 5.97 Å². The number of rotatable bonds is 6. The third-order valence-electron chi connectivity index (χ3n) is 5.90. The Balaban J connectivity index is 1.53. The van der Waals surface area contributed by atoms with Crippen LogP contribution in [0.2, 0.25) is 0 Å². The number of aromatic carboxylic acids is 1. The normalized spacial score (nSPS) is 16.5. The fourth-order valence-electron chi connectivity index (χ4n) is 4.15. The van der Waals surface area contributed by atoms with E-state index >= 15 is 0 Å². The molecule has 1 aliphatic rings. The van der Waals surface area contributed by atoms with Crippen LogP contribution in [0.1, 0.15) is 64.2 Å². The van der Waals surface area contributed by atoms with Gasteiger partial charge in [0, 0.05) is 18.3 Å². The summed E-state index contributed by atoms with van der Waals surface area (Å²) in [5, 5.41) is 9.39. The van der Waals surface area contributed by atoms with E-state index in [0.29, 0.717) is 30.4 Å². The third kappa shape index (κ3) is 4.16. The van der Waals surface area contributed by atoms with E-state index in [0.717, 1.165) is 24.2 Å². The average molecular weight is 387 g/mol. The average Bonchev–Trinajstić information content (AvgIpc) is 2.77. The Morgan fingerprint density at radius 3 is 2.79 bits per heavy atom. The molecule has 1 N–H and O–H groups in total. The van der Waals surface area contributed by atoms with Crippen LogP contribution in [-0.4, -0.2) is 22.7 Å². The molecule has 0 bridgehead atoms. The third-order valence-corrected chi connectivity index (χ3v) is 5.90. The SMILES string of the molecule is CC(c1ccccc1)c1ccc2c(c1)OCC[C@H]2CCc1cnccc1C(=O)O. The molecule has 148 valence electrons. The van der Waals surface area contributed by atoms with Crippen LogP contribution in [0.3, 0.4) is 0 Å². The number of benzene rings is 2. The molecule has 4 nitrogen and oxygen atoms in total. The molecule has 2 atom stereocenters. The van der Waals surface area contributed by atoms with Gasteiger partial charge in [0.05, 0.1) is 12.2 Å². The van der Waals surface area contributed by atoms with Gasteiger partial charge in [-0.25, -0.2) is 4.79 Å². The molecule has 1 aromatic heterocycles. The van der Waals surface area contributed by atoms with Crippen LogP contribution in [0.25, 0.3) is 0 Å². The first kappa shape index (κ1) is 19.2. The van der Waals surface area contributed by atoms with E-state index in [9.17, 15) is 9.90 Å². The Labute approximate surface area is 171 Å². The highest BCUT2D eigenvalue weighted by Gasteiger charge is 2.23. The predicted molar refractivity (Wildman–Crippen MR) is 113 cm³/mol. The van der Waals surface area contributed by atoms with E-state index in [1.165, 1.54) is 22.9 Å². The standard InChI is InChI=1S/C25H25NO3/c1-17(18-5-3-2-4-6-18)20-9-10-22-19(12-14-29-24(22)15-20)7-8-21-16-26-13-11-23(21)25(27)28/h2-6,9-11,13,15-17,19H,7-8,12,14H2,1H3,(H,27,28)/t17?,19-/m1/s1. The lowest BCUT2D eigenvalue weighted by molar-refractivity contribution is 0.0695. The summed E-state index contributed by atoms with van der Waals surface area (Å²) in [6.45, 7) is 2.91. The Morgan fingerprint density at radius 2 is 2.00 bits per heavy atom. The van der Waals surface area contributed by atoms with Crippen LogP contribution in [0.4, 0.5) is 0 Å². The van der Waals surface area contributed by atoms with Crippen molar-refractivity contribution in [1.29, 1.82) is 0 Å². The minimum Gasteiger partial charge on any atom is -0.493 e. The van der Waals surface area contributed by atoms with Crippen molar-refractivity contribution >= 4 is 5.97 Å². The van der Waals surface area contributed by atoms with Gasteiger partial charge in [-0.2, -0.15) is 0 Å². The molecule has 1 unspecified atom stereocenters. The van der Waals surface area contributed by atoms with Gasteiger partial charge in [-0.15, -0.1) is 0 Å². The highest BCUT2D eigenvalue weighted by atomic mass is 16.5. The molecule has 2 aromatic carbocycles. The van der Waals surface area contributed by atoms with Crippen molar-refractivity contribution in [2.45, 2.75) is 38.0 Å². The molecule has 0 aliphatic carbocycles. The molecule has 0 saturated carbocycles. The molecule has 0 amide bonds. The van der Waals surface area contributed by atoms with Crippen LogP contribution in [-0.2, 0) is 6.42 Å². The second kappa shape index (κ2) is 8.48. The predicted octanol–water partition coefficient (Wildman–Crippen LogP) is 5.43. The summed E-state index contributed by atoms with van der Waals surface area (Å²) in [5.41, 5.74) is 4.90. The quantitative estimate of drug-likeness (QED) is 0.613. The van der Waals surface area contributed by atoms with Gasteiger partial charge in [0.15, 0.2) is 0 Å². The van der Waals surface area contributed by atoms with Crippen molar-refractivity contribution in [3.05, 3.63) is 94.8 Å². The highest BCUT2D eigenvalue weighted by Crippen LogP contribution is 2.39. The van der Waals surface area contributed by atoms with Crippen LogP contribution >= 0.6 is 0 Å². The Morgan fingerprint density at radius 1 is 1.17 bits per heavy atom. The van der Waals surface area contributed by atoms with Gasteiger partial charge in [-0.3, -0.25) is 4.98 Å². The van der Waals surface area contributed by atoms with E-state index in [1.807, 2.05) is 6.07 Å². The molecule has 0 saturated heterocycles. The smallest absolute Gasteiger partial charge is 0.336 e. The lowest BCUT2D eigenvalue weighted by Gasteiger charge is -2.27. The van der Waals surface area contributed by atoms with Gasteiger partial charge in [0.1, 0.15) is 5.75 Å². The fourth-order valence-corrected chi connectivity index (χ4v) is 4.15. The highest BCUT2D eigenvalue weighted by molar-refractivity contribution is 5.89. The Kier molecular flexibility index (Phi) is 5.61. The van der Waals surface area contributed by atoms with Gasteiger partial charge in [-0.05, 0) is 59.6 Å². The van der Waals surface area contributed by atoms with Crippen molar-refractivity contribution in [2.75, 3.05) is 6.61 Å². The van der Waals surface area contributed by atoms with Crippen LogP contribution < -0.4 is 4.74 Å². The van der Waals surface area contributed by atoms with Crippen molar-refractivity contribution in [3.63, 3.8) is 0 Å². The number of aryl methyl sites for hydroxylation is 1. The minimum absolute atomic E-state index is 0.305. The maximum Gasteiger partial charge on any atom is 0.336 e. The summed E-state index contributed by atoms with van der Waals surface area (Å²) in [7, 11) is 0. The lowest BCUT2D eigenvalue weighted by Crippen LogP contribution is -2.16. The molecular weight excluding hydrogens is 362 g/mol. The van der Waals surface area contributed by atoms with Gasteiger partial charge < -0.3 is 9.84 Å². The summed E-state index contributed by atoms with van der Waals surface area (Å²) in [5.74, 6) is 0.737. The number of nitrogens with zero attached hydrogens (tertiary/aromatic N) is 1. The van der Waals surface area contributed by atoms with E-state index in [-0.39, 0.29) is 0 Å². The zero-order chi connectivity index (χ0) is 20.2. The van der Waals surface area contributed by atoms with Crippen LogP contribution in [0.5, 0.6) is 5.75 Å². The number of carbonyl (C=O) groups is 1. The zero-order valence-electron chi connectivity index (χ0n) is 16.5. The summed E-state index contributed by atoms with van der Waals surface area (Å²) in [6, 6.07) is 18.6. The molecule has 4 rings (SSSR count). The largest absolute Gasteiger partial charge is 0.493 e. The van der Waals surface area contributed by atoms with Gasteiger partial charge in [-0.1, -0.05) is 49.4 Å². The van der Waals surface area contributed by atoms with E-state index in [2.05, 4.69) is 54.4 Å². The van der Waals surface area contributed by atoms with Gasteiger partial charge >= 0.3 is 5.97 Å². The summed E-state index contributed by atoms with van der Waals surface area (Å²) >= 11 is 0. The first-order valence-electron chi connectivity index (χ1n) is 10.1. The maximum absolute atomic E-state index is 11.4. The molecule has 3 aromatic rings. The molecule has 1 aliphatic heterocycles. The number of ether oxygens (including phenoxy) is 1. The molecular formula is C25H25NO3. The van der Waals surface area contributed by atoms with Crippen molar-refractivity contribution in [3.8, 4) is 5.75 Å². The fraction of sp³-hybridized carbons (Fsp3) is 0.280. The number of hydrogen-bond acceptors (Lipinski definition) is 3. The lowest BCUT2D eigenvalue weighted by atomic mass is 9.85. The Hall–Kier alpha value is -3.14. The number of carboxylic acid groups (broad SMARTS) is 1. The zero-order valence-corrected chi connectivity index (χ0v) is 16.5. The molecule has 29 heavy (non-hydrogen) atoms. The number of carboxylic acids is 1. The minimum atomic E-state index is -0.894.